The monoisotopic (exact) mass is 261 g/mol. The molecular weight excluding hydrogens is 245 g/mol. The molecule has 1 rings (SSSR count). The molecule has 1 N–H and O–H groups in total. The Kier molecular flexibility index (Phi) is 5.56. The zero-order valence-corrected chi connectivity index (χ0v) is 11.1. The van der Waals surface area contributed by atoms with E-state index in [1.165, 1.54) is 0 Å². The number of aliphatic hydroxyl groups is 1. The van der Waals surface area contributed by atoms with Crippen LogP contribution in [0.3, 0.4) is 0 Å². The predicted molar refractivity (Wildman–Crippen MR) is 69.1 cm³/mol. The lowest BCUT2D eigenvalue weighted by molar-refractivity contribution is 0.159. The number of nitrogens with zero attached hydrogens (tertiary/aromatic N) is 1. The standard InChI is InChI=1S/C12H17Cl2NO/c1-9(2)15(3-4-16)8-10-5-11(13)7-12(14)6-10/h5-7,9,16H,3-4,8H2,1-2H3. The summed E-state index contributed by atoms with van der Waals surface area (Å²) in [4.78, 5) is 2.17. The van der Waals surface area contributed by atoms with Crippen LogP contribution in [0.1, 0.15) is 19.4 Å². The fraction of sp³-hybridized carbons (Fsp3) is 0.500. The van der Waals surface area contributed by atoms with Crippen LogP contribution in [0, 0.1) is 0 Å². The first-order chi connectivity index (χ1) is 7.52. The first-order valence-electron chi connectivity index (χ1n) is 5.33. The fourth-order valence-corrected chi connectivity index (χ4v) is 2.16. The lowest BCUT2D eigenvalue weighted by Crippen LogP contribution is -2.32. The van der Waals surface area contributed by atoms with Gasteiger partial charge < -0.3 is 5.11 Å². The van der Waals surface area contributed by atoms with E-state index in [-0.39, 0.29) is 6.61 Å². The Balaban J connectivity index is 2.76. The van der Waals surface area contributed by atoms with Crippen LogP contribution in [0.5, 0.6) is 0 Å². The molecule has 0 heterocycles. The van der Waals surface area contributed by atoms with Crippen molar-refractivity contribution in [2.24, 2.45) is 0 Å². The van der Waals surface area contributed by atoms with Crippen molar-refractivity contribution >= 4 is 23.2 Å². The number of benzene rings is 1. The normalized spacial score (nSPS) is 11.4. The minimum atomic E-state index is 0.159. The maximum absolute atomic E-state index is 8.98. The highest BCUT2D eigenvalue weighted by Gasteiger charge is 2.10. The van der Waals surface area contributed by atoms with Gasteiger partial charge in [0.2, 0.25) is 0 Å². The van der Waals surface area contributed by atoms with Gasteiger partial charge in [-0.3, -0.25) is 4.90 Å². The molecule has 0 saturated carbocycles. The van der Waals surface area contributed by atoms with Gasteiger partial charge in [0.25, 0.3) is 0 Å². The Morgan fingerprint density at radius 3 is 2.19 bits per heavy atom. The highest BCUT2D eigenvalue weighted by molar-refractivity contribution is 6.34. The van der Waals surface area contributed by atoms with Gasteiger partial charge in [0.1, 0.15) is 0 Å². The van der Waals surface area contributed by atoms with Crippen LogP contribution in [0.15, 0.2) is 18.2 Å². The quantitative estimate of drug-likeness (QED) is 0.880. The van der Waals surface area contributed by atoms with Crippen LogP contribution in [0.4, 0.5) is 0 Å². The molecule has 90 valence electrons. The molecule has 0 radical (unpaired) electrons. The molecule has 4 heteroatoms. The van der Waals surface area contributed by atoms with Crippen molar-refractivity contribution in [3.63, 3.8) is 0 Å². The summed E-state index contributed by atoms with van der Waals surface area (Å²) in [5.74, 6) is 0. The van der Waals surface area contributed by atoms with Crippen molar-refractivity contribution in [1.82, 2.24) is 4.90 Å². The van der Waals surface area contributed by atoms with Crippen molar-refractivity contribution < 1.29 is 5.11 Å². The van der Waals surface area contributed by atoms with E-state index < -0.39 is 0 Å². The maximum Gasteiger partial charge on any atom is 0.0558 e. The SMILES string of the molecule is CC(C)N(CCO)Cc1cc(Cl)cc(Cl)c1. The summed E-state index contributed by atoms with van der Waals surface area (Å²) in [6, 6.07) is 5.91. The van der Waals surface area contributed by atoms with Gasteiger partial charge >= 0.3 is 0 Å². The van der Waals surface area contributed by atoms with Gasteiger partial charge in [-0.15, -0.1) is 0 Å². The van der Waals surface area contributed by atoms with Gasteiger partial charge in [0.05, 0.1) is 6.61 Å². The van der Waals surface area contributed by atoms with Crippen LogP contribution in [-0.2, 0) is 6.54 Å². The van der Waals surface area contributed by atoms with Crippen molar-refractivity contribution in [3.8, 4) is 0 Å². The van der Waals surface area contributed by atoms with Crippen molar-refractivity contribution in [1.29, 1.82) is 0 Å². The van der Waals surface area contributed by atoms with E-state index in [4.69, 9.17) is 28.3 Å². The molecule has 0 unspecified atom stereocenters. The fourth-order valence-electron chi connectivity index (χ4n) is 1.59. The van der Waals surface area contributed by atoms with Crippen LogP contribution < -0.4 is 0 Å². The summed E-state index contributed by atoms with van der Waals surface area (Å²) < 4.78 is 0. The van der Waals surface area contributed by atoms with E-state index in [0.717, 1.165) is 12.1 Å². The Hall–Kier alpha value is -0.280. The highest BCUT2D eigenvalue weighted by atomic mass is 35.5. The number of aliphatic hydroxyl groups excluding tert-OH is 1. The first kappa shape index (κ1) is 13.8. The van der Waals surface area contributed by atoms with Crippen molar-refractivity contribution in [3.05, 3.63) is 33.8 Å². The molecule has 0 atom stereocenters. The Morgan fingerprint density at radius 2 is 1.75 bits per heavy atom. The molecule has 1 aromatic rings. The Morgan fingerprint density at radius 1 is 1.19 bits per heavy atom. The number of halogens is 2. The smallest absolute Gasteiger partial charge is 0.0558 e. The van der Waals surface area contributed by atoms with E-state index in [2.05, 4.69) is 18.7 Å². The maximum atomic E-state index is 8.98. The molecule has 16 heavy (non-hydrogen) atoms. The van der Waals surface area contributed by atoms with Crippen LogP contribution in [0.25, 0.3) is 0 Å². The van der Waals surface area contributed by atoms with Gasteiger partial charge in [-0.2, -0.15) is 0 Å². The lowest BCUT2D eigenvalue weighted by atomic mass is 10.2. The average molecular weight is 262 g/mol. The van der Waals surface area contributed by atoms with Crippen LogP contribution in [-0.4, -0.2) is 29.2 Å². The molecule has 0 aromatic heterocycles. The second kappa shape index (κ2) is 6.45. The molecule has 0 saturated heterocycles. The summed E-state index contributed by atoms with van der Waals surface area (Å²) in [5.41, 5.74) is 1.07. The second-order valence-electron chi connectivity index (χ2n) is 4.07. The van der Waals surface area contributed by atoms with E-state index in [9.17, 15) is 0 Å². The zero-order chi connectivity index (χ0) is 12.1. The van der Waals surface area contributed by atoms with Crippen LogP contribution in [0.2, 0.25) is 10.0 Å². The Labute approximate surface area is 107 Å². The van der Waals surface area contributed by atoms with E-state index in [1.54, 1.807) is 6.07 Å². The summed E-state index contributed by atoms with van der Waals surface area (Å²) >= 11 is 11.9. The molecule has 0 spiro atoms. The molecule has 0 aliphatic carbocycles. The molecule has 0 bridgehead atoms. The Bertz CT molecular complexity index is 322. The average Bonchev–Trinajstić information content (AvgIpc) is 2.15. The van der Waals surface area contributed by atoms with E-state index in [0.29, 0.717) is 22.6 Å². The van der Waals surface area contributed by atoms with E-state index >= 15 is 0 Å². The van der Waals surface area contributed by atoms with Gasteiger partial charge in [0, 0.05) is 29.2 Å². The summed E-state index contributed by atoms with van der Waals surface area (Å²) in [5, 5.41) is 10.3. The first-order valence-corrected chi connectivity index (χ1v) is 6.08. The summed E-state index contributed by atoms with van der Waals surface area (Å²) in [6.07, 6.45) is 0. The molecule has 0 aliphatic heterocycles. The third-order valence-corrected chi connectivity index (χ3v) is 2.86. The molecule has 0 aliphatic rings. The minimum Gasteiger partial charge on any atom is -0.395 e. The largest absolute Gasteiger partial charge is 0.395 e. The third kappa shape index (κ3) is 4.30. The molecule has 0 amide bonds. The summed E-state index contributed by atoms with van der Waals surface area (Å²) in [6.45, 7) is 5.76. The van der Waals surface area contributed by atoms with Crippen molar-refractivity contribution in [2.75, 3.05) is 13.2 Å². The van der Waals surface area contributed by atoms with Gasteiger partial charge in [-0.25, -0.2) is 0 Å². The lowest BCUT2D eigenvalue weighted by Gasteiger charge is -2.25. The van der Waals surface area contributed by atoms with Crippen molar-refractivity contribution in [2.45, 2.75) is 26.4 Å². The molecular formula is C12H17Cl2NO. The minimum absolute atomic E-state index is 0.159. The van der Waals surface area contributed by atoms with Crippen LogP contribution >= 0.6 is 23.2 Å². The second-order valence-corrected chi connectivity index (χ2v) is 4.94. The molecule has 2 nitrogen and oxygen atoms in total. The number of rotatable bonds is 5. The zero-order valence-electron chi connectivity index (χ0n) is 9.58. The number of hydrogen-bond acceptors (Lipinski definition) is 2. The van der Waals surface area contributed by atoms with Gasteiger partial charge in [-0.1, -0.05) is 23.2 Å². The molecule has 1 aromatic carbocycles. The highest BCUT2D eigenvalue weighted by Crippen LogP contribution is 2.20. The van der Waals surface area contributed by atoms with E-state index in [1.807, 2.05) is 12.1 Å². The summed E-state index contributed by atoms with van der Waals surface area (Å²) in [7, 11) is 0. The topological polar surface area (TPSA) is 23.5 Å². The third-order valence-electron chi connectivity index (χ3n) is 2.43. The van der Waals surface area contributed by atoms with Gasteiger partial charge in [-0.05, 0) is 37.6 Å². The number of hydrogen-bond donors (Lipinski definition) is 1. The predicted octanol–water partition coefficient (Wildman–Crippen LogP) is 3.20. The molecule has 0 fully saturated rings. The van der Waals surface area contributed by atoms with Gasteiger partial charge in [0.15, 0.2) is 0 Å².